The Hall–Kier alpha value is -3.37. The summed E-state index contributed by atoms with van der Waals surface area (Å²) < 4.78 is 1.19. The van der Waals surface area contributed by atoms with Crippen molar-refractivity contribution in [1.82, 2.24) is 30.0 Å². The van der Waals surface area contributed by atoms with Crippen molar-refractivity contribution in [1.29, 1.82) is 0 Å². The minimum atomic E-state index is -0.429. The van der Waals surface area contributed by atoms with Crippen LogP contribution in [0.5, 0.6) is 0 Å². The van der Waals surface area contributed by atoms with Crippen molar-refractivity contribution >= 4 is 57.1 Å². The molecule has 0 radical (unpaired) electrons. The van der Waals surface area contributed by atoms with Crippen LogP contribution in [0.25, 0.3) is 27.3 Å². The normalized spacial score (nSPS) is 13.1. The molecule has 3 aromatic heterocycles. The van der Waals surface area contributed by atoms with Gasteiger partial charge in [-0.05, 0) is 48.4 Å². The summed E-state index contributed by atoms with van der Waals surface area (Å²) in [6.07, 6.45) is 4.17. The van der Waals surface area contributed by atoms with Gasteiger partial charge in [-0.2, -0.15) is 9.78 Å². The minimum Gasteiger partial charge on any atom is -0.324 e. The molecule has 35 heavy (non-hydrogen) atoms. The van der Waals surface area contributed by atoms with Crippen LogP contribution < -0.4 is 16.2 Å². The zero-order valence-electron chi connectivity index (χ0n) is 18.1. The molecule has 174 valence electrons. The predicted molar refractivity (Wildman–Crippen MR) is 139 cm³/mol. The molecule has 1 aliphatic heterocycles. The van der Waals surface area contributed by atoms with E-state index in [0.29, 0.717) is 37.9 Å². The first kappa shape index (κ1) is 22.1. The number of fused-ring (bicyclic) bond motifs is 2. The second-order valence-corrected chi connectivity index (χ2v) is 9.67. The largest absolute Gasteiger partial charge is 0.324 e. The van der Waals surface area contributed by atoms with E-state index in [4.69, 9.17) is 23.2 Å². The number of para-hydroxylation sites is 1. The summed E-state index contributed by atoms with van der Waals surface area (Å²) in [6.45, 7) is 1.81. The molecular weight excluding hydrogens is 505 g/mol. The highest BCUT2D eigenvalue weighted by atomic mass is 35.5. The van der Waals surface area contributed by atoms with Gasteiger partial charge in [0.05, 0.1) is 15.4 Å². The zero-order valence-corrected chi connectivity index (χ0v) is 20.5. The standard InChI is InChI=1S/C24H17Cl2N7OS/c25-17-2-1-3-18(26)21(17)33-23(34)16-12-29-24(31-19(16)20(32-33)22-28-8-9-35-22)30-15-5-4-13-6-7-27-11-14(13)10-15/h1-5,8-10,12,27H,6-7,11H2,(H,29,30,31). The number of rotatable bonds is 4. The second kappa shape index (κ2) is 9.01. The molecule has 1 aliphatic rings. The molecule has 5 aromatic rings. The molecule has 0 bridgehead atoms. The van der Waals surface area contributed by atoms with Gasteiger partial charge in [0.2, 0.25) is 5.95 Å². The predicted octanol–water partition coefficient (Wildman–Crippen LogP) is 5.00. The van der Waals surface area contributed by atoms with E-state index in [2.05, 4.69) is 42.8 Å². The molecule has 0 spiro atoms. The van der Waals surface area contributed by atoms with Crippen LogP contribution in [0.3, 0.4) is 0 Å². The smallest absolute Gasteiger partial charge is 0.282 e. The lowest BCUT2D eigenvalue weighted by Crippen LogP contribution is -2.24. The van der Waals surface area contributed by atoms with Gasteiger partial charge in [0.25, 0.3) is 5.56 Å². The van der Waals surface area contributed by atoms with Gasteiger partial charge in [0, 0.05) is 30.0 Å². The van der Waals surface area contributed by atoms with E-state index < -0.39 is 5.56 Å². The van der Waals surface area contributed by atoms with E-state index in [0.717, 1.165) is 25.2 Å². The van der Waals surface area contributed by atoms with Crippen LogP contribution in [0.4, 0.5) is 11.6 Å². The molecule has 0 saturated carbocycles. The number of thiazole rings is 1. The van der Waals surface area contributed by atoms with Gasteiger partial charge in [0.15, 0.2) is 0 Å². The Kier molecular flexibility index (Phi) is 5.69. The van der Waals surface area contributed by atoms with E-state index >= 15 is 0 Å². The summed E-state index contributed by atoms with van der Waals surface area (Å²) in [5.41, 5.74) is 4.14. The number of anilines is 2. The van der Waals surface area contributed by atoms with Gasteiger partial charge in [-0.3, -0.25) is 4.79 Å². The molecule has 0 atom stereocenters. The number of nitrogens with one attached hydrogen (secondary N) is 2. The van der Waals surface area contributed by atoms with Crippen LogP contribution in [-0.4, -0.2) is 31.3 Å². The number of aromatic nitrogens is 5. The van der Waals surface area contributed by atoms with E-state index in [1.54, 1.807) is 24.4 Å². The molecule has 0 saturated heterocycles. The van der Waals surface area contributed by atoms with Crippen molar-refractivity contribution in [3.8, 4) is 16.4 Å². The van der Waals surface area contributed by atoms with Crippen LogP contribution in [0.15, 0.2) is 59.0 Å². The van der Waals surface area contributed by atoms with Crippen LogP contribution >= 0.6 is 34.5 Å². The Labute approximate surface area is 213 Å². The summed E-state index contributed by atoms with van der Waals surface area (Å²) in [4.78, 5) is 26.9. The van der Waals surface area contributed by atoms with E-state index in [1.807, 2.05) is 11.4 Å². The molecular formula is C24H17Cl2N7OS. The third-order valence-electron chi connectivity index (χ3n) is 5.77. The zero-order chi connectivity index (χ0) is 23.9. The fourth-order valence-corrected chi connectivity index (χ4v) is 5.28. The number of halogens is 2. The monoisotopic (exact) mass is 521 g/mol. The molecule has 0 aliphatic carbocycles. The third-order valence-corrected chi connectivity index (χ3v) is 7.16. The van der Waals surface area contributed by atoms with Gasteiger partial charge in [-0.25, -0.2) is 15.0 Å². The van der Waals surface area contributed by atoms with Crippen LogP contribution in [-0.2, 0) is 13.0 Å². The van der Waals surface area contributed by atoms with Crippen LogP contribution in [0.2, 0.25) is 10.0 Å². The van der Waals surface area contributed by atoms with Crippen molar-refractivity contribution in [2.45, 2.75) is 13.0 Å². The highest BCUT2D eigenvalue weighted by Gasteiger charge is 2.20. The molecule has 0 unspecified atom stereocenters. The Bertz CT molecular complexity index is 1620. The van der Waals surface area contributed by atoms with Crippen molar-refractivity contribution < 1.29 is 0 Å². The van der Waals surface area contributed by atoms with Crippen molar-refractivity contribution in [3.05, 3.63) is 85.7 Å². The number of hydrogen-bond donors (Lipinski definition) is 2. The van der Waals surface area contributed by atoms with Crippen LogP contribution in [0.1, 0.15) is 11.1 Å². The molecule has 2 N–H and O–H groups in total. The van der Waals surface area contributed by atoms with Gasteiger partial charge in [0.1, 0.15) is 21.9 Å². The fraction of sp³-hybridized carbons (Fsp3) is 0.125. The SMILES string of the molecule is O=c1c2cnc(Nc3ccc4c(c3)CNCC4)nc2c(-c2nccs2)nn1-c1c(Cl)cccc1Cl. The molecule has 0 amide bonds. The van der Waals surface area contributed by atoms with Crippen molar-refractivity contribution in [2.24, 2.45) is 0 Å². The lowest BCUT2D eigenvalue weighted by Gasteiger charge is -2.18. The van der Waals surface area contributed by atoms with E-state index in [-0.39, 0.29) is 5.39 Å². The van der Waals surface area contributed by atoms with E-state index in [9.17, 15) is 4.79 Å². The van der Waals surface area contributed by atoms with Gasteiger partial charge >= 0.3 is 0 Å². The van der Waals surface area contributed by atoms with Gasteiger partial charge < -0.3 is 10.6 Å². The summed E-state index contributed by atoms with van der Waals surface area (Å²) in [5.74, 6) is 0.355. The minimum absolute atomic E-state index is 0.279. The Morgan fingerprint density at radius 2 is 1.94 bits per heavy atom. The summed E-state index contributed by atoms with van der Waals surface area (Å²) in [6, 6.07) is 11.2. The number of nitrogens with zero attached hydrogens (tertiary/aromatic N) is 5. The summed E-state index contributed by atoms with van der Waals surface area (Å²) in [5, 5.41) is 14.6. The average Bonchev–Trinajstić information content (AvgIpc) is 3.40. The molecule has 11 heteroatoms. The second-order valence-electron chi connectivity index (χ2n) is 7.96. The lowest BCUT2D eigenvalue weighted by molar-refractivity contribution is 0.644. The first-order valence-electron chi connectivity index (χ1n) is 10.8. The Morgan fingerprint density at radius 3 is 2.74 bits per heavy atom. The third kappa shape index (κ3) is 4.06. The summed E-state index contributed by atoms with van der Waals surface area (Å²) >= 11 is 14.2. The van der Waals surface area contributed by atoms with Crippen molar-refractivity contribution in [3.63, 3.8) is 0 Å². The maximum Gasteiger partial charge on any atom is 0.282 e. The van der Waals surface area contributed by atoms with Gasteiger partial charge in [-0.1, -0.05) is 35.3 Å². The quantitative estimate of drug-likeness (QED) is 0.343. The molecule has 6 rings (SSSR count). The molecule has 0 fully saturated rings. The highest BCUT2D eigenvalue weighted by molar-refractivity contribution is 7.13. The Morgan fingerprint density at radius 1 is 1.09 bits per heavy atom. The molecule has 2 aromatic carbocycles. The molecule has 8 nitrogen and oxygen atoms in total. The lowest BCUT2D eigenvalue weighted by atomic mass is 10.0. The van der Waals surface area contributed by atoms with Crippen molar-refractivity contribution in [2.75, 3.05) is 11.9 Å². The topological polar surface area (TPSA) is 97.6 Å². The Balaban J connectivity index is 1.50. The number of benzene rings is 2. The first-order valence-corrected chi connectivity index (χ1v) is 12.5. The highest BCUT2D eigenvalue weighted by Crippen LogP contribution is 2.31. The first-order chi connectivity index (χ1) is 17.1. The fourth-order valence-electron chi connectivity index (χ4n) is 4.10. The maximum absolute atomic E-state index is 13.4. The van der Waals surface area contributed by atoms with Gasteiger partial charge in [-0.15, -0.1) is 11.3 Å². The average molecular weight is 522 g/mol. The van der Waals surface area contributed by atoms with E-state index in [1.165, 1.54) is 33.3 Å². The number of hydrogen-bond acceptors (Lipinski definition) is 8. The maximum atomic E-state index is 13.4. The van der Waals surface area contributed by atoms with Crippen LogP contribution in [0, 0.1) is 0 Å². The molecule has 4 heterocycles. The summed E-state index contributed by atoms with van der Waals surface area (Å²) in [7, 11) is 0.